The van der Waals surface area contributed by atoms with Gasteiger partial charge in [-0.05, 0) is 60.4 Å². The molecule has 33 heavy (non-hydrogen) atoms. The van der Waals surface area contributed by atoms with Crippen molar-refractivity contribution in [2.75, 3.05) is 13.1 Å². The Kier molecular flexibility index (Phi) is 6.45. The molecule has 3 aromatic rings. The second-order valence-corrected chi connectivity index (χ2v) is 7.83. The van der Waals surface area contributed by atoms with Crippen LogP contribution in [0, 0.1) is 28.9 Å². The minimum Gasteiger partial charge on any atom is -0.426 e. The number of carbonyl (C=O) groups excluding carboxylic acids is 2. The lowest BCUT2D eigenvalue weighted by molar-refractivity contribution is -0.140. The Hall–Kier alpha value is -4.05. The van der Waals surface area contributed by atoms with Crippen LogP contribution in [0.25, 0.3) is 11.1 Å². The van der Waals surface area contributed by atoms with Crippen molar-refractivity contribution in [1.29, 1.82) is 5.26 Å². The zero-order chi connectivity index (χ0) is 23.4. The Balaban J connectivity index is 1.32. The van der Waals surface area contributed by atoms with E-state index in [4.69, 9.17) is 10.00 Å². The molecule has 3 aromatic carbocycles. The first-order valence-corrected chi connectivity index (χ1v) is 10.5. The van der Waals surface area contributed by atoms with Gasteiger partial charge in [-0.15, -0.1) is 0 Å². The van der Waals surface area contributed by atoms with Gasteiger partial charge in [0.05, 0.1) is 23.1 Å². The lowest BCUT2D eigenvalue weighted by Crippen LogP contribution is -2.41. The van der Waals surface area contributed by atoms with Crippen molar-refractivity contribution in [1.82, 2.24) is 4.90 Å². The van der Waals surface area contributed by atoms with Gasteiger partial charge in [-0.1, -0.05) is 24.3 Å². The average molecular weight is 446 g/mol. The van der Waals surface area contributed by atoms with Gasteiger partial charge in [0.15, 0.2) is 0 Å². The maximum atomic E-state index is 13.9. The van der Waals surface area contributed by atoms with E-state index < -0.39 is 17.5 Å². The fraction of sp³-hybridized carbons (Fsp3) is 0.192. The Morgan fingerprint density at radius 1 is 0.909 bits per heavy atom. The van der Waals surface area contributed by atoms with Gasteiger partial charge in [-0.3, -0.25) is 9.59 Å². The van der Waals surface area contributed by atoms with Crippen LogP contribution < -0.4 is 4.74 Å². The average Bonchev–Trinajstić information content (AvgIpc) is 2.84. The summed E-state index contributed by atoms with van der Waals surface area (Å²) in [7, 11) is 0. The molecule has 7 heteroatoms. The molecule has 0 aromatic heterocycles. The molecule has 0 N–H and O–H groups in total. The molecule has 0 spiro atoms. The van der Waals surface area contributed by atoms with E-state index in [0.717, 1.165) is 23.3 Å². The number of hydrogen-bond acceptors (Lipinski definition) is 4. The first kappa shape index (κ1) is 22.2. The molecule has 1 aliphatic heterocycles. The fourth-order valence-electron chi connectivity index (χ4n) is 3.80. The third-order valence-corrected chi connectivity index (χ3v) is 5.70. The summed E-state index contributed by atoms with van der Waals surface area (Å²) in [5.41, 5.74) is 2.28. The van der Waals surface area contributed by atoms with Crippen LogP contribution in [0.1, 0.15) is 28.8 Å². The molecule has 0 bridgehead atoms. The van der Waals surface area contributed by atoms with Crippen LogP contribution in [0.2, 0.25) is 0 Å². The fourth-order valence-corrected chi connectivity index (χ4v) is 3.80. The summed E-state index contributed by atoms with van der Waals surface area (Å²) in [5, 5.41) is 8.90. The summed E-state index contributed by atoms with van der Waals surface area (Å²) in [5.74, 6) is -2.48. The molecular formula is C26H20F2N2O3. The van der Waals surface area contributed by atoms with Gasteiger partial charge in [0.2, 0.25) is 0 Å². The Labute approximate surface area is 189 Å². The van der Waals surface area contributed by atoms with Gasteiger partial charge in [0.1, 0.15) is 17.4 Å². The van der Waals surface area contributed by atoms with Crippen LogP contribution in [0.15, 0.2) is 66.7 Å². The number of hydrogen-bond donors (Lipinski definition) is 0. The maximum Gasteiger partial charge on any atom is 0.314 e. The van der Waals surface area contributed by atoms with Crippen molar-refractivity contribution >= 4 is 11.9 Å². The number of amides is 1. The standard InChI is InChI=1S/C26H20F2N2O3/c27-21-7-10-23(24(28)15-21)25(31)30-13-11-20(12-14-30)26(32)33-22-8-5-19(6-9-22)18-3-1-17(16-29)2-4-18/h1-10,15,20H,11-14H2. The van der Waals surface area contributed by atoms with Crippen LogP contribution >= 0.6 is 0 Å². The summed E-state index contributed by atoms with van der Waals surface area (Å²) in [4.78, 5) is 26.6. The van der Waals surface area contributed by atoms with E-state index in [1.807, 2.05) is 24.3 Å². The van der Waals surface area contributed by atoms with Crippen molar-refractivity contribution in [3.63, 3.8) is 0 Å². The smallest absolute Gasteiger partial charge is 0.314 e. The minimum absolute atomic E-state index is 0.181. The normalized spacial score (nSPS) is 13.9. The predicted octanol–water partition coefficient (Wildman–Crippen LogP) is 4.96. The number of ether oxygens (including phenoxy) is 1. The van der Waals surface area contributed by atoms with E-state index in [0.29, 0.717) is 30.2 Å². The van der Waals surface area contributed by atoms with Gasteiger partial charge < -0.3 is 9.64 Å². The molecular weight excluding hydrogens is 426 g/mol. The van der Waals surface area contributed by atoms with Crippen LogP contribution in [-0.2, 0) is 4.79 Å². The van der Waals surface area contributed by atoms with Gasteiger partial charge in [-0.25, -0.2) is 8.78 Å². The predicted molar refractivity (Wildman–Crippen MR) is 117 cm³/mol. The number of piperidine rings is 1. The third-order valence-electron chi connectivity index (χ3n) is 5.70. The van der Waals surface area contributed by atoms with Crippen molar-refractivity contribution in [2.45, 2.75) is 12.8 Å². The summed E-state index contributed by atoms with van der Waals surface area (Å²) >= 11 is 0. The highest BCUT2D eigenvalue weighted by molar-refractivity contribution is 5.94. The van der Waals surface area contributed by atoms with Crippen LogP contribution in [0.3, 0.4) is 0 Å². The molecule has 0 aliphatic carbocycles. The van der Waals surface area contributed by atoms with Gasteiger partial charge in [-0.2, -0.15) is 5.26 Å². The van der Waals surface area contributed by atoms with Crippen molar-refractivity contribution in [3.8, 4) is 22.9 Å². The molecule has 1 saturated heterocycles. The van der Waals surface area contributed by atoms with Gasteiger partial charge in [0, 0.05) is 19.2 Å². The summed E-state index contributed by atoms with van der Waals surface area (Å²) < 4.78 is 32.5. The van der Waals surface area contributed by atoms with Gasteiger partial charge >= 0.3 is 5.97 Å². The lowest BCUT2D eigenvalue weighted by Gasteiger charge is -2.31. The molecule has 1 heterocycles. The molecule has 1 fully saturated rings. The van der Waals surface area contributed by atoms with Crippen LogP contribution in [-0.4, -0.2) is 29.9 Å². The molecule has 0 saturated carbocycles. The second kappa shape index (κ2) is 9.61. The summed E-state index contributed by atoms with van der Waals surface area (Å²) in [6, 6.07) is 19.2. The van der Waals surface area contributed by atoms with Crippen LogP contribution in [0.4, 0.5) is 8.78 Å². The topological polar surface area (TPSA) is 70.4 Å². The summed E-state index contributed by atoms with van der Waals surface area (Å²) in [6.07, 6.45) is 0.799. The Morgan fingerprint density at radius 3 is 2.09 bits per heavy atom. The van der Waals surface area contributed by atoms with Crippen molar-refractivity contribution in [3.05, 3.63) is 89.5 Å². The SMILES string of the molecule is N#Cc1ccc(-c2ccc(OC(=O)C3CCN(C(=O)c4ccc(F)cc4F)CC3)cc2)cc1. The molecule has 1 amide bonds. The quantitative estimate of drug-likeness (QED) is 0.420. The number of rotatable bonds is 4. The van der Waals surface area contributed by atoms with E-state index in [-0.39, 0.29) is 30.5 Å². The molecule has 0 atom stereocenters. The molecule has 166 valence electrons. The number of nitriles is 1. The maximum absolute atomic E-state index is 13.9. The van der Waals surface area contributed by atoms with E-state index in [1.54, 1.807) is 24.3 Å². The molecule has 5 nitrogen and oxygen atoms in total. The summed E-state index contributed by atoms with van der Waals surface area (Å²) in [6.45, 7) is 0.570. The third kappa shape index (κ3) is 5.07. The van der Waals surface area contributed by atoms with Crippen molar-refractivity contribution < 1.29 is 23.1 Å². The number of nitrogens with zero attached hydrogens (tertiary/aromatic N) is 2. The number of esters is 1. The van der Waals surface area contributed by atoms with Crippen molar-refractivity contribution in [2.24, 2.45) is 5.92 Å². The number of benzene rings is 3. The van der Waals surface area contributed by atoms with E-state index >= 15 is 0 Å². The van der Waals surface area contributed by atoms with Crippen LogP contribution in [0.5, 0.6) is 5.75 Å². The monoisotopic (exact) mass is 446 g/mol. The van der Waals surface area contributed by atoms with Gasteiger partial charge in [0.25, 0.3) is 5.91 Å². The first-order valence-electron chi connectivity index (χ1n) is 10.5. The lowest BCUT2D eigenvalue weighted by atomic mass is 9.96. The number of carbonyl (C=O) groups is 2. The highest BCUT2D eigenvalue weighted by Crippen LogP contribution is 2.25. The number of likely N-dealkylation sites (tertiary alicyclic amines) is 1. The zero-order valence-electron chi connectivity index (χ0n) is 17.6. The molecule has 0 unspecified atom stereocenters. The Morgan fingerprint density at radius 2 is 1.52 bits per heavy atom. The van der Waals surface area contributed by atoms with E-state index in [2.05, 4.69) is 6.07 Å². The second-order valence-electron chi connectivity index (χ2n) is 7.83. The highest BCUT2D eigenvalue weighted by atomic mass is 19.1. The molecule has 0 radical (unpaired) electrons. The largest absolute Gasteiger partial charge is 0.426 e. The zero-order valence-corrected chi connectivity index (χ0v) is 17.6. The Bertz CT molecular complexity index is 1210. The van der Waals surface area contributed by atoms with E-state index in [1.165, 1.54) is 4.90 Å². The molecule has 1 aliphatic rings. The minimum atomic E-state index is -0.897. The van der Waals surface area contributed by atoms with E-state index in [9.17, 15) is 18.4 Å². The highest BCUT2D eigenvalue weighted by Gasteiger charge is 2.30. The first-order chi connectivity index (χ1) is 15.9. The molecule has 4 rings (SSSR count). The number of halogens is 2.